The number of rotatable bonds is 7. The van der Waals surface area contributed by atoms with Crippen molar-refractivity contribution in [3.05, 3.63) is 41.7 Å². The van der Waals surface area contributed by atoms with Crippen molar-refractivity contribution in [3.8, 4) is 17.5 Å². The van der Waals surface area contributed by atoms with E-state index in [9.17, 15) is 13.2 Å². The van der Waals surface area contributed by atoms with E-state index in [1.54, 1.807) is 24.3 Å². The van der Waals surface area contributed by atoms with Crippen LogP contribution in [0.5, 0.6) is 0 Å². The van der Waals surface area contributed by atoms with Gasteiger partial charge in [0.15, 0.2) is 5.69 Å². The molecule has 4 nitrogen and oxygen atoms in total. The average Bonchev–Trinajstić information content (AvgIpc) is 2.99. The van der Waals surface area contributed by atoms with E-state index >= 15 is 0 Å². The predicted octanol–water partition coefficient (Wildman–Crippen LogP) is 4.26. The van der Waals surface area contributed by atoms with E-state index < -0.39 is 11.9 Å². The highest BCUT2D eigenvalue weighted by Gasteiger charge is 2.34. The highest BCUT2D eigenvalue weighted by Crippen LogP contribution is 2.31. The first kappa shape index (κ1) is 18.0. The summed E-state index contributed by atoms with van der Waals surface area (Å²) in [6, 6.07) is 8.27. The van der Waals surface area contributed by atoms with Crippen molar-refractivity contribution in [3.63, 3.8) is 0 Å². The van der Waals surface area contributed by atoms with Gasteiger partial charge in [-0.25, -0.2) is 4.98 Å². The number of imidazole rings is 1. The van der Waals surface area contributed by atoms with Gasteiger partial charge in [-0.2, -0.15) is 18.4 Å². The summed E-state index contributed by atoms with van der Waals surface area (Å²) in [6.07, 6.45) is -1.59. The summed E-state index contributed by atoms with van der Waals surface area (Å²) in [7, 11) is 0. The van der Waals surface area contributed by atoms with Gasteiger partial charge in [0.05, 0.1) is 18.2 Å². The number of aromatic nitrogens is 2. The minimum Gasteiger partial charge on any atom is -0.380 e. The number of nitriles is 1. The third kappa shape index (κ3) is 4.59. The second kappa shape index (κ2) is 7.97. The topological polar surface area (TPSA) is 50.8 Å². The zero-order valence-corrected chi connectivity index (χ0v) is 13.3. The normalized spacial score (nSPS) is 11.5. The Kier molecular flexibility index (Phi) is 5.99. The van der Waals surface area contributed by atoms with Crippen molar-refractivity contribution in [2.45, 2.75) is 32.5 Å². The van der Waals surface area contributed by atoms with E-state index in [0.29, 0.717) is 24.3 Å². The molecule has 2 aromatic rings. The molecule has 1 aromatic carbocycles. The van der Waals surface area contributed by atoms with Gasteiger partial charge in [0.1, 0.15) is 5.82 Å². The van der Waals surface area contributed by atoms with Gasteiger partial charge >= 0.3 is 6.18 Å². The summed E-state index contributed by atoms with van der Waals surface area (Å²) in [5, 5.41) is 8.82. The molecular formula is C17H18F3N3O. The van der Waals surface area contributed by atoms with Crippen LogP contribution in [0.3, 0.4) is 0 Å². The zero-order chi connectivity index (χ0) is 17.6. The minimum atomic E-state index is -4.50. The Labute approximate surface area is 138 Å². The second-order valence-electron chi connectivity index (χ2n) is 5.30. The monoisotopic (exact) mass is 337 g/mol. The van der Waals surface area contributed by atoms with E-state index in [-0.39, 0.29) is 12.4 Å². The van der Waals surface area contributed by atoms with Gasteiger partial charge in [0, 0.05) is 24.9 Å². The zero-order valence-electron chi connectivity index (χ0n) is 13.3. The molecule has 0 amide bonds. The van der Waals surface area contributed by atoms with Crippen LogP contribution in [-0.4, -0.2) is 22.8 Å². The maximum atomic E-state index is 13.0. The van der Waals surface area contributed by atoms with Crippen molar-refractivity contribution in [2.24, 2.45) is 0 Å². The molecular weight excluding hydrogens is 319 g/mol. The Morgan fingerprint density at radius 3 is 2.50 bits per heavy atom. The Morgan fingerprint density at radius 1 is 1.21 bits per heavy atom. The number of unbranched alkanes of at least 4 members (excludes halogenated alkanes) is 1. The van der Waals surface area contributed by atoms with Crippen molar-refractivity contribution < 1.29 is 17.9 Å². The van der Waals surface area contributed by atoms with Crippen molar-refractivity contribution in [2.75, 3.05) is 13.2 Å². The summed E-state index contributed by atoms with van der Waals surface area (Å²) in [6.45, 7) is 3.22. The van der Waals surface area contributed by atoms with Crippen molar-refractivity contribution in [1.29, 1.82) is 5.26 Å². The van der Waals surface area contributed by atoms with Gasteiger partial charge in [0.2, 0.25) is 0 Å². The molecule has 0 spiro atoms. The van der Waals surface area contributed by atoms with Crippen molar-refractivity contribution in [1.82, 2.24) is 9.55 Å². The van der Waals surface area contributed by atoms with E-state index in [4.69, 9.17) is 10.00 Å². The Balaban J connectivity index is 2.23. The third-order valence-corrected chi connectivity index (χ3v) is 3.46. The molecule has 1 aromatic heterocycles. The Hall–Kier alpha value is -2.33. The van der Waals surface area contributed by atoms with Crippen LogP contribution >= 0.6 is 0 Å². The quantitative estimate of drug-likeness (QED) is 0.710. The van der Waals surface area contributed by atoms with Crippen molar-refractivity contribution >= 4 is 0 Å². The van der Waals surface area contributed by atoms with E-state index in [1.165, 1.54) is 4.57 Å². The van der Waals surface area contributed by atoms with E-state index in [0.717, 1.165) is 19.0 Å². The lowest BCUT2D eigenvalue weighted by Gasteiger charge is -2.08. The molecule has 0 aliphatic carbocycles. The minimum absolute atomic E-state index is 0.214. The fourth-order valence-electron chi connectivity index (χ4n) is 2.16. The molecule has 0 fully saturated rings. The predicted molar refractivity (Wildman–Crippen MR) is 83.1 cm³/mol. The number of hydrogen-bond acceptors (Lipinski definition) is 3. The molecule has 128 valence electrons. The van der Waals surface area contributed by atoms with Gasteiger partial charge in [0.25, 0.3) is 0 Å². The van der Waals surface area contributed by atoms with Crippen LogP contribution in [0.25, 0.3) is 11.4 Å². The number of hydrogen-bond donors (Lipinski definition) is 0. The molecule has 0 N–H and O–H groups in total. The van der Waals surface area contributed by atoms with Gasteiger partial charge < -0.3 is 9.30 Å². The first-order chi connectivity index (χ1) is 11.5. The number of nitrogens with zero attached hydrogens (tertiary/aromatic N) is 3. The number of benzene rings is 1. The lowest BCUT2D eigenvalue weighted by atomic mass is 10.1. The van der Waals surface area contributed by atoms with Crippen LogP contribution in [0.15, 0.2) is 30.5 Å². The average molecular weight is 337 g/mol. The molecule has 0 saturated heterocycles. The highest BCUT2D eigenvalue weighted by atomic mass is 19.4. The van der Waals surface area contributed by atoms with Crippen LogP contribution in [0.4, 0.5) is 13.2 Å². The fourth-order valence-corrected chi connectivity index (χ4v) is 2.16. The molecule has 2 rings (SSSR count). The van der Waals surface area contributed by atoms with Gasteiger partial charge in [-0.15, -0.1) is 0 Å². The molecule has 0 unspecified atom stereocenters. The molecule has 0 saturated carbocycles. The fraction of sp³-hybridized carbons (Fsp3) is 0.412. The van der Waals surface area contributed by atoms with Crippen LogP contribution in [-0.2, 0) is 17.5 Å². The molecule has 1 heterocycles. The van der Waals surface area contributed by atoms with Crippen LogP contribution in [0, 0.1) is 11.3 Å². The maximum Gasteiger partial charge on any atom is 0.434 e. The third-order valence-electron chi connectivity index (χ3n) is 3.46. The SMILES string of the molecule is CCCCOCCn1cc(C(F)(F)F)nc1-c1ccc(C#N)cc1. The lowest BCUT2D eigenvalue weighted by molar-refractivity contribution is -0.140. The molecule has 7 heteroatoms. The highest BCUT2D eigenvalue weighted by molar-refractivity contribution is 5.57. The largest absolute Gasteiger partial charge is 0.434 e. The number of ether oxygens (including phenoxy) is 1. The standard InChI is InChI=1S/C17H18F3N3O/c1-2-3-9-24-10-8-23-12-15(17(18,19)20)22-16(23)14-6-4-13(11-21)5-7-14/h4-7,12H,2-3,8-10H2,1H3. The van der Waals surface area contributed by atoms with E-state index in [1.807, 2.05) is 13.0 Å². The van der Waals surface area contributed by atoms with Gasteiger partial charge in [-0.3, -0.25) is 0 Å². The summed E-state index contributed by atoms with van der Waals surface area (Å²) in [4.78, 5) is 3.72. The number of halogens is 3. The first-order valence-corrected chi connectivity index (χ1v) is 7.68. The molecule has 0 aliphatic heterocycles. The molecule has 0 atom stereocenters. The molecule has 0 bridgehead atoms. The smallest absolute Gasteiger partial charge is 0.380 e. The number of alkyl halides is 3. The molecule has 0 aliphatic rings. The summed E-state index contributed by atoms with van der Waals surface area (Å²) in [5.74, 6) is 0.214. The maximum absolute atomic E-state index is 13.0. The summed E-state index contributed by atoms with van der Waals surface area (Å²) < 4.78 is 45.7. The Bertz CT molecular complexity index is 699. The van der Waals surface area contributed by atoms with Crippen LogP contribution in [0.2, 0.25) is 0 Å². The molecule has 24 heavy (non-hydrogen) atoms. The summed E-state index contributed by atoms with van der Waals surface area (Å²) >= 11 is 0. The first-order valence-electron chi connectivity index (χ1n) is 7.68. The summed E-state index contributed by atoms with van der Waals surface area (Å²) in [5.41, 5.74) is 0.0317. The van der Waals surface area contributed by atoms with E-state index in [2.05, 4.69) is 4.98 Å². The second-order valence-corrected chi connectivity index (χ2v) is 5.30. The van der Waals surface area contributed by atoms with Gasteiger partial charge in [-0.1, -0.05) is 13.3 Å². The Morgan fingerprint density at radius 2 is 1.92 bits per heavy atom. The van der Waals surface area contributed by atoms with Crippen LogP contribution in [0.1, 0.15) is 31.0 Å². The lowest BCUT2D eigenvalue weighted by Crippen LogP contribution is -2.08. The van der Waals surface area contributed by atoms with Gasteiger partial charge in [-0.05, 0) is 30.7 Å². The van der Waals surface area contributed by atoms with Crippen LogP contribution < -0.4 is 0 Å². The molecule has 0 radical (unpaired) electrons.